The SMILES string of the molecule is CC(C)Cc1ccc(CNC(Cc2ccccc2)C(=O)[O-])cc1.[Na+]. The molecule has 4 heteroatoms. The minimum atomic E-state index is -1.06. The van der Waals surface area contributed by atoms with Crippen LogP contribution in [-0.2, 0) is 24.2 Å². The van der Waals surface area contributed by atoms with E-state index < -0.39 is 12.0 Å². The Bertz CT molecular complexity index is 611. The molecule has 2 aromatic carbocycles. The molecule has 0 aliphatic rings. The zero-order valence-electron chi connectivity index (χ0n) is 14.8. The molecule has 0 aliphatic carbocycles. The van der Waals surface area contributed by atoms with Crippen LogP contribution < -0.4 is 40.0 Å². The Balaban J connectivity index is 0.00000288. The smallest absolute Gasteiger partial charge is 0.548 e. The molecular formula is C20H24NNaO2. The largest absolute Gasteiger partial charge is 1.00 e. The molecule has 2 aromatic rings. The zero-order chi connectivity index (χ0) is 16.7. The molecule has 24 heavy (non-hydrogen) atoms. The number of carboxylic acid groups (broad SMARTS) is 1. The van der Waals surface area contributed by atoms with Crippen LogP contribution in [0.25, 0.3) is 0 Å². The first kappa shape index (κ1) is 20.9. The number of hydrogen-bond donors (Lipinski definition) is 1. The molecule has 1 atom stereocenters. The number of rotatable bonds is 8. The Kier molecular flexibility index (Phi) is 9.30. The maximum Gasteiger partial charge on any atom is 1.00 e. The number of carbonyl (C=O) groups is 1. The minimum absolute atomic E-state index is 0. The topological polar surface area (TPSA) is 52.2 Å². The summed E-state index contributed by atoms with van der Waals surface area (Å²) in [6, 6.07) is 17.3. The van der Waals surface area contributed by atoms with Gasteiger partial charge in [0.25, 0.3) is 0 Å². The molecule has 0 saturated carbocycles. The normalized spacial score (nSPS) is 11.8. The van der Waals surface area contributed by atoms with Crippen LogP contribution in [0.1, 0.15) is 30.5 Å². The Morgan fingerprint density at radius 1 is 0.917 bits per heavy atom. The number of carbonyl (C=O) groups excluding carboxylic acids is 1. The number of benzene rings is 2. The van der Waals surface area contributed by atoms with Crippen molar-refractivity contribution >= 4 is 5.97 Å². The first-order valence-corrected chi connectivity index (χ1v) is 8.10. The monoisotopic (exact) mass is 333 g/mol. The van der Waals surface area contributed by atoms with Crippen LogP contribution in [0, 0.1) is 5.92 Å². The molecule has 122 valence electrons. The third kappa shape index (κ3) is 7.18. The van der Waals surface area contributed by atoms with E-state index in [1.807, 2.05) is 30.3 Å². The third-order valence-electron chi connectivity index (χ3n) is 3.79. The van der Waals surface area contributed by atoms with Gasteiger partial charge in [0.2, 0.25) is 0 Å². The fourth-order valence-corrected chi connectivity index (χ4v) is 2.59. The number of hydrogen-bond acceptors (Lipinski definition) is 3. The molecular weight excluding hydrogens is 309 g/mol. The van der Waals surface area contributed by atoms with Crippen molar-refractivity contribution in [2.24, 2.45) is 5.92 Å². The Hall–Kier alpha value is -1.13. The van der Waals surface area contributed by atoms with Gasteiger partial charge < -0.3 is 15.2 Å². The Labute approximate surface area is 166 Å². The molecule has 0 saturated heterocycles. The number of aliphatic carboxylic acids is 1. The van der Waals surface area contributed by atoms with Gasteiger partial charge >= 0.3 is 29.6 Å². The van der Waals surface area contributed by atoms with Crippen LogP contribution in [0.3, 0.4) is 0 Å². The first-order valence-electron chi connectivity index (χ1n) is 8.10. The second-order valence-corrected chi connectivity index (χ2v) is 6.36. The molecule has 3 nitrogen and oxygen atoms in total. The standard InChI is InChI=1S/C20H25NO2.Na/c1-15(2)12-17-8-10-18(11-9-17)14-21-19(20(22)23)13-16-6-4-3-5-7-16;/h3-11,15,19,21H,12-14H2,1-2H3,(H,22,23);/q;+1/p-1. The van der Waals surface area contributed by atoms with E-state index in [0.717, 1.165) is 17.5 Å². The molecule has 1 N–H and O–H groups in total. The van der Waals surface area contributed by atoms with Crippen LogP contribution in [-0.4, -0.2) is 12.0 Å². The van der Waals surface area contributed by atoms with Crippen molar-refractivity contribution < 1.29 is 39.5 Å². The second-order valence-electron chi connectivity index (χ2n) is 6.36. The van der Waals surface area contributed by atoms with E-state index in [-0.39, 0.29) is 29.6 Å². The van der Waals surface area contributed by atoms with Gasteiger partial charge in [-0.2, -0.15) is 0 Å². The van der Waals surface area contributed by atoms with Gasteiger partial charge in [-0.05, 0) is 35.4 Å². The molecule has 0 amide bonds. The molecule has 0 aromatic heterocycles. The van der Waals surface area contributed by atoms with Crippen molar-refractivity contribution in [3.8, 4) is 0 Å². The predicted octanol–water partition coefficient (Wildman–Crippen LogP) is -0.660. The molecule has 0 heterocycles. The Morgan fingerprint density at radius 2 is 1.46 bits per heavy atom. The summed E-state index contributed by atoms with van der Waals surface area (Å²) >= 11 is 0. The van der Waals surface area contributed by atoms with E-state index in [9.17, 15) is 9.90 Å². The van der Waals surface area contributed by atoms with Gasteiger partial charge in [-0.1, -0.05) is 68.4 Å². The van der Waals surface area contributed by atoms with Gasteiger partial charge in [-0.3, -0.25) is 0 Å². The second kappa shape index (κ2) is 10.7. The number of nitrogens with one attached hydrogen (secondary N) is 1. The van der Waals surface area contributed by atoms with Crippen molar-refractivity contribution in [3.63, 3.8) is 0 Å². The van der Waals surface area contributed by atoms with Crippen molar-refractivity contribution in [2.75, 3.05) is 0 Å². The van der Waals surface area contributed by atoms with Crippen molar-refractivity contribution in [1.29, 1.82) is 0 Å². The van der Waals surface area contributed by atoms with Crippen LogP contribution >= 0.6 is 0 Å². The average molecular weight is 333 g/mol. The maximum atomic E-state index is 11.3. The van der Waals surface area contributed by atoms with Crippen LogP contribution in [0.15, 0.2) is 54.6 Å². The Morgan fingerprint density at radius 3 is 2.00 bits per heavy atom. The average Bonchev–Trinajstić information content (AvgIpc) is 2.53. The van der Waals surface area contributed by atoms with E-state index in [2.05, 4.69) is 43.4 Å². The van der Waals surface area contributed by atoms with Gasteiger partial charge in [-0.25, -0.2) is 0 Å². The third-order valence-corrected chi connectivity index (χ3v) is 3.79. The maximum absolute atomic E-state index is 11.3. The molecule has 0 aliphatic heterocycles. The first-order chi connectivity index (χ1) is 11.0. The fraction of sp³-hybridized carbons (Fsp3) is 0.350. The van der Waals surface area contributed by atoms with E-state index >= 15 is 0 Å². The number of carboxylic acids is 1. The van der Waals surface area contributed by atoms with E-state index in [1.165, 1.54) is 5.56 Å². The summed E-state index contributed by atoms with van der Waals surface area (Å²) in [4.78, 5) is 11.3. The molecule has 0 bridgehead atoms. The van der Waals surface area contributed by atoms with Crippen LogP contribution in [0.5, 0.6) is 0 Å². The fourth-order valence-electron chi connectivity index (χ4n) is 2.59. The summed E-state index contributed by atoms with van der Waals surface area (Å²) in [6.07, 6.45) is 1.48. The predicted molar refractivity (Wildman–Crippen MR) is 90.8 cm³/mol. The summed E-state index contributed by atoms with van der Waals surface area (Å²) < 4.78 is 0. The van der Waals surface area contributed by atoms with Crippen molar-refractivity contribution in [3.05, 3.63) is 71.3 Å². The van der Waals surface area contributed by atoms with Crippen molar-refractivity contribution in [1.82, 2.24) is 5.32 Å². The summed E-state index contributed by atoms with van der Waals surface area (Å²) in [7, 11) is 0. The van der Waals surface area contributed by atoms with Gasteiger partial charge in [0.15, 0.2) is 0 Å². The summed E-state index contributed by atoms with van der Waals surface area (Å²) in [5.74, 6) is -0.433. The molecule has 0 radical (unpaired) electrons. The van der Waals surface area contributed by atoms with Crippen molar-refractivity contribution in [2.45, 2.75) is 39.3 Å². The zero-order valence-corrected chi connectivity index (χ0v) is 16.8. The van der Waals surface area contributed by atoms with E-state index in [0.29, 0.717) is 18.9 Å². The van der Waals surface area contributed by atoms with Crippen LogP contribution in [0.2, 0.25) is 0 Å². The summed E-state index contributed by atoms with van der Waals surface area (Å²) in [6.45, 7) is 4.92. The molecule has 0 spiro atoms. The minimum Gasteiger partial charge on any atom is -0.548 e. The van der Waals surface area contributed by atoms with E-state index in [4.69, 9.17) is 0 Å². The quantitative estimate of drug-likeness (QED) is 0.653. The molecule has 0 fully saturated rings. The van der Waals surface area contributed by atoms with Gasteiger partial charge in [-0.15, -0.1) is 0 Å². The summed E-state index contributed by atoms with van der Waals surface area (Å²) in [5, 5.41) is 14.4. The van der Waals surface area contributed by atoms with Gasteiger partial charge in [0.1, 0.15) is 0 Å². The van der Waals surface area contributed by atoms with E-state index in [1.54, 1.807) is 0 Å². The molecule has 1 unspecified atom stereocenters. The summed E-state index contributed by atoms with van der Waals surface area (Å²) in [5.41, 5.74) is 3.38. The van der Waals surface area contributed by atoms with Gasteiger partial charge in [0, 0.05) is 6.54 Å². The molecule has 2 rings (SSSR count). The van der Waals surface area contributed by atoms with Gasteiger partial charge in [0.05, 0.1) is 12.0 Å². The van der Waals surface area contributed by atoms with Crippen LogP contribution in [0.4, 0.5) is 0 Å².